The van der Waals surface area contributed by atoms with Gasteiger partial charge in [-0.2, -0.15) is 0 Å². The quantitative estimate of drug-likeness (QED) is 0.820. The van der Waals surface area contributed by atoms with Gasteiger partial charge < -0.3 is 14.8 Å². The van der Waals surface area contributed by atoms with Gasteiger partial charge in [0.05, 0.1) is 6.10 Å². The molecule has 2 N–H and O–H groups in total. The molecule has 2 atom stereocenters. The number of hydrogen-bond acceptors (Lipinski definition) is 5. The fourth-order valence-corrected chi connectivity index (χ4v) is 3.11. The molecule has 1 aromatic rings. The second kappa shape index (κ2) is 6.17. The average molecular weight is 316 g/mol. The van der Waals surface area contributed by atoms with Gasteiger partial charge in [0, 0.05) is 20.6 Å². The van der Waals surface area contributed by atoms with Crippen LogP contribution in [0.4, 0.5) is 0 Å². The van der Waals surface area contributed by atoms with Crippen LogP contribution in [0, 0.1) is 5.92 Å². The van der Waals surface area contributed by atoms with Crippen molar-refractivity contribution in [2.75, 3.05) is 20.6 Å². The number of hydrogen-bond donors (Lipinski definition) is 2. The van der Waals surface area contributed by atoms with E-state index >= 15 is 0 Å². The van der Waals surface area contributed by atoms with Crippen molar-refractivity contribution in [3.63, 3.8) is 0 Å². The summed E-state index contributed by atoms with van der Waals surface area (Å²) in [7, 11) is -0.890. The van der Waals surface area contributed by atoms with Gasteiger partial charge in [-0.1, -0.05) is 0 Å². The van der Waals surface area contributed by atoms with Crippen LogP contribution >= 0.6 is 0 Å². The number of carbonyl (C=O) groups excluding carboxylic acids is 1. The zero-order valence-corrected chi connectivity index (χ0v) is 12.9. The van der Waals surface area contributed by atoms with E-state index in [4.69, 9.17) is 4.42 Å². The third-order valence-corrected chi connectivity index (χ3v) is 5.29. The molecule has 1 heterocycles. The first-order chi connectivity index (χ1) is 9.80. The lowest BCUT2D eigenvalue weighted by molar-refractivity contribution is 0.0912. The molecule has 2 rings (SSSR count). The number of nitrogens with one attached hydrogen (secondary N) is 1. The third-order valence-electron chi connectivity index (χ3n) is 3.60. The number of furan rings is 1. The predicted octanol–water partition coefficient (Wildman–Crippen LogP) is 0.421. The van der Waals surface area contributed by atoms with Gasteiger partial charge >= 0.3 is 0 Å². The molecular formula is C13H20N2O5S. The molecule has 8 heteroatoms. The first-order valence-corrected chi connectivity index (χ1v) is 8.23. The highest BCUT2D eigenvalue weighted by Gasteiger charge is 2.25. The Kier molecular flexibility index (Phi) is 4.70. The summed E-state index contributed by atoms with van der Waals surface area (Å²) in [6.07, 6.45) is 2.03. The summed E-state index contributed by atoms with van der Waals surface area (Å²) in [4.78, 5) is 11.9. The van der Waals surface area contributed by atoms with Gasteiger partial charge in [-0.15, -0.1) is 0 Å². The molecule has 1 aromatic heterocycles. The first kappa shape index (κ1) is 16.0. The number of nitrogens with zero attached hydrogens (tertiary/aromatic N) is 1. The van der Waals surface area contributed by atoms with Crippen molar-refractivity contribution >= 4 is 15.9 Å². The summed E-state index contributed by atoms with van der Waals surface area (Å²) in [5.74, 6) is -0.227. The summed E-state index contributed by atoms with van der Waals surface area (Å²) in [5, 5.41) is 11.9. The Morgan fingerprint density at radius 1 is 1.43 bits per heavy atom. The van der Waals surface area contributed by atoms with E-state index < -0.39 is 15.9 Å². The summed E-state index contributed by atoms with van der Waals surface area (Å²) < 4.78 is 29.8. The number of aliphatic hydroxyl groups is 1. The first-order valence-electron chi connectivity index (χ1n) is 6.79. The van der Waals surface area contributed by atoms with E-state index in [1.165, 1.54) is 26.2 Å². The van der Waals surface area contributed by atoms with Crippen LogP contribution in [0.3, 0.4) is 0 Å². The number of amides is 1. The van der Waals surface area contributed by atoms with Gasteiger partial charge in [0.15, 0.2) is 5.76 Å². The minimum Gasteiger partial charge on any atom is -0.438 e. The number of aliphatic hydroxyl groups excluding tert-OH is 1. The van der Waals surface area contributed by atoms with Crippen molar-refractivity contribution < 1.29 is 22.7 Å². The van der Waals surface area contributed by atoms with Crippen molar-refractivity contribution in [1.29, 1.82) is 0 Å². The highest BCUT2D eigenvalue weighted by Crippen LogP contribution is 2.24. The SMILES string of the molecule is CN(C)S(=O)(=O)c1ccc(C(=O)NCC2CCC(O)C2)o1. The summed E-state index contributed by atoms with van der Waals surface area (Å²) in [6.45, 7) is 0.451. The fraction of sp³-hybridized carbons (Fsp3) is 0.615. The largest absolute Gasteiger partial charge is 0.438 e. The van der Waals surface area contributed by atoms with Crippen LogP contribution in [0.15, 0.2) is 21.6 Å². The van der Waals surface area contributed by atoms with Crippen molar-refractivity contribution in [1.82, 2.24) is 9.62 Å². The van der Waals surface area contributed by atoms with Crippen LogP contribution in [-0.4, -0.2) is 50.5 Å². The van der Waals surface area contributed by atoms with E-state index in [9.17, 15) is 18.3 Å². The number of rotatable bonds is 5. The van der Waals surface area contributed by atoms with Crippen molar-refractivity contribution in [3.05, 3.63) is 17.9 Å². The minimum absolute atomic E-state index is 0.0334. The van der Waals surface area contributed by atoms with Crippen molar-refractivity contribution in [3.8, 4) is 0 Å². The lowest BCUT2D eigenvalue weighted by atomic mass is 10.1. The molecule has 0 saturated heterocycles. The number of carbonyl (C=O) groups is 1. The molecule has 1 saturated carbocycles. The Balaban J connectivity index is 1.96. The molecule has 7 nitrogen and oxygen atoms in total. The Hall–Kier alpha value is -1.38. The molecule has 0 aliphatic heterocycles. The van der Waals surface area contributed by atoms with Crippen LogP contribution in [0.2, 0.25) is 0 Å². The maximum Gasteiger partial charge on any atom is 0.287 e. The average Bonchev–Trinajstić information content (AvgIpc) is 3.04. The van der Waals surface area contributed by atoms with E-state index in [1.807, 2.05) is 0 Å². The molecule has 0 spiro atoms. The van der Waals surface area contributed by atoms with Gasteiger partial charge in [-0.25, -0.2) is 12.7 Å². The normalized spacial score (nSPS) is 22.7. The molecule has 118 valence electrons. The topological polar surface area (TPSA) is 99.9 Å². The Morgan fingerprint density at radius 2 is 2.14 bits per heavy atom. The second-order valence-electron chi connectivity index (χ2n) is 5.45. The zero-order chi connectivity index (χ0) is 15.6. The van der Waals surface area contributed by atoms with E-state index in [2.05, 4.69) is 5.32 Å². The third kappa shape index (κ3) is 3.63. The van der Waals surface area contributed by atoms with Crippen LogP contribution in [0.5, 0.6) is 0 Å². The van der Waals surface area contributed by atoms with Gasteiger partial charge in [-0.3, -0.25) is 4.79 Å². The van der Waals surface area contributed by atoms with E-state index in [0.717, 1.165) is 17.1 Å². The predicted molar refractivity (Wildman–Crippen MR) is 75.3 cm³/mol. The number of sulfonamides is 1. The summed E-state index contributed by atoms with van der Waals surface area (Å²) in [5.41, 5.74) is 0. The monoisotopic (exact) mass is 316 g/mol. The van der Waals surface area contributed by atoms with E-state index in [1.54, 1.807) is 0 Å². The fourth-order valence-electron chi connectivity index (χ4n) is 2.32. The Labute approximate surface area is 124 Å². The molecule has 1 amide bonds. The summed E-state index contributed by atoms with van der Waals surface area (Å²) in [6, 6.07) is 2.61. The highest BCUT2D eigenvalue weighted by atomic mass is 32.2. The Morgan fingerprint density at radius 3 is 2.71 bits per heavy atom. The van der Waals surface area contributed by atoms with Crippen LogP contribution in [0.1, 0.15) is 29.8 Å². The minimum atomic E-state index is -3.67. The molecule has 0 aromatic carbocycles. The van der Waals surface area contributed by atoms with Crippen LogP contribution < -0.4 is 5.32 Å². The van der Waals surface area contributed by atoms with Gasteiger partial charge in [0.1, 0.15) is 0 Å². The Bertz CT molecular complexity index is 608. The summed E-state index contributed by atoms with van der Waals surface area (Å²) >= 11 is 0. The molecule has 0 bridgehead atoms. The van der Waals surface area contributed by atoms with Crippen molar-refractivity contribution in [2.45, 2.75) is 30.5 Å². The maximum absolute atomic E-state index is 11.9. The molecule has 1 fully saturated rings. The standard InChI is InChI=1S/C13H20N2O5S/c1-15(2)21(18,19)12-6-5-11(20-12)13(17)14-8-9-3-4-10(16)7-9/h5-6,9-10,16H,3-4,7-8H2,1-2H3,(H,14,17). The maximum atomic E-state index is 11.9. The molecule has 0 radical (unpaired) electrons. The highest BCUT2D eigenvalue weighted by molar-refractivity contribution is 7.88. The lowest BCUT2D eigenvalue weighted by Gasteiger charge is -2.10. The van der Waals surface area contributed by atoms with Crippen LogP contribution in [-0.2, 0) is 10.0 Å². The lowest BCUT2D eigenvalue weighted by Crippen LogP contribution is -2.28. The van der Waals surface area contributed by atoms with Gasteiger partial charge in [0.2, 0.25) is 5.09 Å². The zero-order valence-electron chi connectivity index (χ0n) is 12.1. The smallest absolute Gasteiger partial charge is 0.287 e. The van der Waals surface area contributed by atoms with E-state index in [0.29, 0.717) is 13.0 Å². The van der Waals surface area contributed by atoms with Crippen LogP contribution in [0.25, 0.3) is 0 Å². The van der Waals surface area contributed by atoms with Gasteiger partial charge in [0.25, 0.3) is 15.9 Å². The molecule has 2 unspecified atom stereocenters. The van der Waals surface area contributed by atoms with E-state index in [-0.39, 0.29) is 22.9 Å². The van der Waals surface area contributed by atoms with Gasteiger partial charge in [-0.05, 0) is 37.3 Å². The molecule has 1 aliphatic carbocycles. The van der Waals surface area contributed by atoms with Crippen molar-refractivity contribution in [2.24, 2.45) is 5.92 Å². The second-order valence-corrected chi connectivity index (χ2v) is 7.53. The molecular weight excluding hydrogens is 296 g/mol. The molecule has 1 aliphatic rings. The molecule has 21 heavy (non-hydrogen) atoms.